The van der Waals surface area contributed by atoms with E-state index in [1.165, 1.54) is 35.5 Å². The van der Waals surface area contributed by atoms with Gasteiger partial charge in [0.1, 0.15) is 23.4 Å². The molecule has 2 N–H and O–H groups in total. The predicted molar refractivity (Wildman–Crippen MR) is 308 cm³/mol. The summed E-state index contributed by atoms with van der Waals surface area (Å²) in [5.41, 5.74) is 11.0. The van der Waals surface area contributed by atoms with Crippen molar-refractivity contribution in [3.8, 4) is 22.5 Å². The number of cyclic esters (lactones) is 1. The molecule has 12 rings (SSSR count). The van der Waals surface area contributed by atoms with Crippen molar-refractivity contribution in [1.82, 2.24) is 50.1 Å². The number of ether oxygens (including phenoxy) is 5. The zero-order valence-electron chi connectivity index (χ0n) is 48.4. The third-order valence-corrected chi connectivity index (χ3v) is 19.2. The Hall–Kier alpha value is -5.45. The third kappa shape index (κ3) is 11.6. The van der Waals surface area contributed by atoms with E-state index in [0.717, 1.165) is 95.1 Å². The van der Waals surface area contributed by atoms with Gasteiger partial charge in [0.25, 0.3) is 5.91 Å². The van der Waals surface area contributed by atoms with E-state index in [1.54, 1.807) is 20.4 Å². The minimum absolute atomic E-state index is 0.00238. The summed E-state index contributed by atoms with van der Waals surface area (Å²) in [6, 6.07) is 9.01. The van der Waals surface area contributed by atoms with Crippen LogP contribution in [0.15, 0.2) is 54.4 Å². The number of hydrogen-bond acceptors (Lipinski definition) is 17. The molecular formula is C61H81N11O8S. The van der Waals surface area contributed by atoms with Crippen LogP contribution in [-0.4, -0.2) is 173 Å². The van der Waals surface area contributed by atoms with Crippen molar-refractivity contribution in [2.24, 2.45) is 17.3 Å². The molecule has 7 aliphatic rings. The number of hydrazine groups is 1. The minimum atomic E-state index is -1.07. The van der Waals surface area contributed by atoms with E-state index in [2.05, 4.69) is 104 Å². The van der Waals surface area contributed by atoms with E-state index in [4.69, 9.17) is 33.7 Å². The highest BCUT2D eigenvalue weighted by Crippen LogP contribution is 2.53. The number of pyridine rings is 1. The summed E-state index contributed by atoms with van der Waals surface area (Å²) in [6.45, 7) is 19.8. The molecule has 20 heteroatoms. The Morgan fingerprint density at radius 1 is 0.975 bits per heavy atom. The summed E-state index contributed by atoms with van der Waals surface area (Å²) in [6.07, 6.45) is 10.7. The number of fused-ring (bicyclic) bond motifs is 6. The number of piperazine rings is 1. The fraction of sp³-hybridized carbons (Fsp3) is 0.623. The van der Waals surface area contributed by atoms with Crippen LogP contribution in [0.2, 0.25) is 0 Å². The zero-order valence-corrected chi connectivity index (χ0v) is 49.2. The van der Waals surface area contributed by atoms with Gasteiger partial charge >= 0.3 is 5.97 Å². The van der Waals surface area contributed by atoms with E-state index in [0.29, 0.717) is 69.7 Å². The number of nitrogens with zero attached hydrogens (tertiary/aromatic N) is 9. The summed E-state index contributed by atoms with van der Waals surface area (Å²) in [5, 5.41) is 8.63. The molecule has 6 fully saturated rings. The number of aromatic nitrogens is 5. The first-order valence-electron chi connectivity index (χ1n) is 29.5. The van der Waals surface area contributed by atoms with Crippen molar-refractivity contribution in [3.63, 3.8) is 0 Å². The Kier molecular flexibility index (Phi) is 15.9. The van der Waals surface area contributed by atoms with Crippen molar-refractivity contribution >= 4 is 45.7 Å². The van der Waals surface area contributed by atoms with Gasteiger partial charge in [0.15, 0.2) is 0 Å². The number of nitrogens with one attached hydrogen (secondary N) is 2. The standard InChI is InChI=1S/C61H81N11O8S/c1-36-50(46-15-17-62-35-64-46)51(36)56(73)66-53-55(70-31-42(32-70)77-8)57-65-48(33-81-57)38-11-14-49-43(26-38)45(29-60(3,4)34-79-59(75)47-10-9-18-72(67-47)58(53)74)54(71(49)23-25-78-41-16-24-80-61(5,6)28-41)44-27-40(30-63-52(44)37(2)76-7)69-21-19-68(20-22-69)39-12-13-39/h11,14-15,17,26-27,30,33,35-37,39,41-42,47,50-51,53,55,67H,9-10,12-13,16,18-25,28-29,31-32,34H2,1-8H3,(H,66,73)/t36-,37-,41-,47-,50-,51+,53-,55-/m0/s1. The van der Waals surface area contributed by atoms with E-state index in [1.807, 2.05) is 19.2 Å². The number of methoxy groups -OCH3 is 2. The highest BCUT2D eigenvalue weighted by molar-refractivity contribution is 7.10. The van der Waals surface area contributed by atoms with Gasteiger partial charge in [-0.3, -0.25) is 34.2 Å². The Morgan fingerprint density at radius 2 is 1.79 bits per heavy atom. The number of benzene rings is 1. The normalized spacial score (nSPS) is 27.8. The van der Waals surface area contributed by atoms with E-state index >= 15 is 4.79 Å². The quantitative estimate of drug-likeness (QED) is 0.107. The van der Waals surface area contributed by atoms with Crippen LogP contribution in [0.1, 0.15) is 120 Å². The first kappa shape index (κ1) is 56.1. The van der Waals surface area contributed by atoms with Gasteiger partial charge in [0.2, 0.25) is 5.91 Å². The maximum Gasteiger partial charge on any atom is 0.324 e. The Bertz CT molecular complexity index is 3100. The second kappa shape index (κ2) is 23.0. The molecule has 4 aromatic heterocycles. The summed E-state index contributed by atoms with van der Waals surface area (Å²) in [5.74, 6) is -1.51. The molecule has 4 saturated heterocycles. The maximum absolute atomic E-state index is 15.4. The average Bonchev–Trinajstić information content (AvgIpc) is 3.83. The highest BCUT2D eigenvalue weighted by atomic mass is 32.1. The van der Waals surface area contributed by atoms with Gasteiger partial charge in [-0.05, 0) is 95.0 Å². The topological polar surface area (TPSA) is 191 Å². The molecule has 5 aliphatic heterocycles. The predicted octanol–water partition coefficient (Wildman–Crippen LogP) is 7.11. The molecule has 2 amide bonds. The van der Waals surface area contributed by atoms with Crippen LogP contribution in [-0.2, 0) is 51.0 Å². The third-order valence-electron chi connectivity index (χ3n) is 18.3. The summed E-state index contributed by atoms with van der Waals surface area (Å²) < 4.78 is 33.7. The van der Waals surface area contributed by atoms with Crippen molar-refractivity contribution in [1.29, 1.82) is 0 Å². The van der Waals surface area contributed by atoms with E-state index in [9.17, 15) is 9.59 Å². The number of rotatable bonds is 14. The molecule has 5 aromatic rings. The van der Waals surface area contributed by atoms with Crippen molar-refractivity contribution in [2.45, 2.75) is 147 Å². The van der Waals surface area contributed by atoms with Crippen LogP contribution in [0, 0.1) is 17.3 Å². The second-order valence-electron chi connectivity index (χ2n) is 25.2. The largest absolute Gasteiger partial charge is 0.464 e. The Morgan fingerprint density at radius 3 is 2.53 bits per heavy atom. The molecule has 1 aromatic carbocycles. The van der Waals surface area contributed by atoms with E-state index < -0.39 is 35.4 Å². The molecule has 6 bridgehead atoms. The number of hydrogen-bond donors (Lipinski definition) is 2. The number of likely N-dealkylation sites (tertiary alicyclic amines) is 1. The average molecular weight is 1130 g/mol. The lowest BCUT2D eigenvalue weighted by molar-refractivity contribution is -0.156. The Labute approximate surface area is 479 Å². The molecular weight excluding hydrogens is 1050 g/mol. The molecule has 9 heterocycles. The molecule has 19 nitrogen and oxygen atoms in total. The number of carbonyl (C=O) groups is 3. The van der Waals surface area contributed by atoms with Gasteiger partial charge in [0, 0.05) is 142 Å². The number of anilines is 1. The fourth-order valence-corrected chi connectivity index (χ4v) is 14.4. The summed E-state index contributed by atoms with van der Waals surface area (Å²) in [7, 11) is 3.44. The van der Waals surface area contributed by atoms with Crippen molar-refractivity contribution in [3.05, 3.63) is 76.4 Å². The zero-order chi connectivity index (χ0) is 56.3. The molecule has 81 heavy (non-hydrogen) atoms. The highest BCUT2D eigenvalue weighted by Gasteiger charge is 2.55. The molecule has 2 saturated carbocycles. The van der Waals surface area contributed by atoms with Crippen LogP contribution in [0.5, 0.6) is 0 Å². The number of esters is 1. The smallest absolute Gasteiger partial charge is 0.324 e. The Balaban J connectivity index is 0.988. The van der Waals surface area contributed by atoms with Crippen LogP contribution in [0.4, 0.5) is 5.69 Å². The van der Waals surface area contributed by atoms with Crippen LogP contribution in [0.25, 0.3) is 33.4 Å². The number of carbonyl (C=O) groups excluding carboxylic acids is 3. The molecule has 0 spiro atoms. The SMILES string of the molecule is COC1CN([C@@H]2c3nc(cs3)-c3ccc4c(c3)c(c(-c3cc(N5CCN(C6CC6)CC5)cnc3[C@H](C)OC)n4CCO[C@H]3CCOC(C)(C)C3)CC(C)(C)COC(=O)[C@@H]3CCCN(N3)C(=O)[C@H]2NC(=O)[C@@H]2[C@@H](C)[C@H]2c2ccncn2)C1. The minimum Gasteiger partial charge on any atom is -0.464 e. The fourth-order valence-electron chi connectivity index (χ4n) is 13.4. The van der Waals surface area contributed by atoms with Gasteiger partial charge in [-0.2, -0.15) is 0 Å². The van der Waals surface area contributed by atoms with Crippen molar-refractivity contribution in [2.75, 3.05) is 84.8 Å². The van der Waals surface area contributed by atoms with Crippen LogP contribution >= 0.6 is 11.3 Å². The molecule has 2 aliphatic carbocycles. The lowest BCUT2D eigenvalue weighted by atomic mass is 9.84. The maximum atomic E-state index is 15.4. The molecule has 0 radical (unpaired) electrons. The van der Waals surface area contributed by atoms with Gasteiger partial charge < -0.3 is 38.5 Å². The first-order chi connectivity index (χ1) is 39.1. The summed E-state index contributed by atoms with van der Waals surface area (Å²) >= 11 is 1.49. The van der Waals surface area contributed by atoms with Gasteiger partial charge in [-0.15, -0.1) is 11.3 Å². The summed E-state index contributed by atoms with van der Waals surface area (Å²) in [4.78, 5) is 71.2. The van der Waals surface area contributed by atoms with Crippen molar-refractivity contribution < 1.29 is 38.1 Å². The molecule has 434 valence electrons. The van der Waals surface area contributed by atoms with Gasteiger partial charge in [-0.1, -0.05) is 26.8 Å². The lowest BCUT2D eigenvalue weighted by Gasteiger charge is -2.46. The van der Waals surface area contributed by atoms with Gasteiger partial charge in [0.05, 0.1) is 72.1 Å². The van der Waals surface area contributed by atoms with Crippen LogP contribution < -0.4 is 15.6 Å². The number of amides is 2. The number of thiazole rings is 1. The lowest BCUT2D eigenvalue weighted by Crippen LogP contribution is -2.65. The second-order valence-corrected chi connectivity index (χ2v) is 26.1. The van der Waals surface area contributed by atoms with Crippen LogP contribution in [0.3, 0.4) is 0 Å². The molecule has 8 atom stereocenters. The first-order valence-corrected chi connectivity index (χ1v) is 30.4. The van der Waals surface area contributed by atoms with Gasteiger partial charge in [-0.25, -0.2) is 20.4 Å². The molecule has 0 unspecified atom stereocenters. The van der Waals surface area contributed by atoms with E-state index in [-0.39, 0.29) is 54.2 Å². The monoisotopic (exact) mass is 1130 g/mol.